The van der Waals surface area contributed by atoms with Gasteiger partial charge in [-0.05, 0) is 67.9 Å². The number of ether oxygens (including phenoxy) is 1. The molecule has 0 aromatic carbocycles. The van der Waals surface area contributed by atoms with Crippen LogP contribution < -0.4 is 5.32 Å². The minimum Gasteiger partial charge on any atom is -0.458 e. The Morgan fingerprint density at radius 3 is 2.87 bits per heavy atom. The van der Waals surface area contributed by atoms with Crippen LogP contribution in [0.3, 0.4) is 0 Å². The molecule has 2 fully saturated rings. The summed E-state index contributed by atoms with van der Waals surface area (Å²) in [5, 5.41) is 5.28. The molecule has 1 amide bonds. The summed E-state index contributed by atoms with van der Waals surface area (Å²) in [5.74, 6) is -0.513. The zero-order valence-corrected chi connectivity index (χ0v) is 14.2. The van der Waals surface area contributed by atoms with Crippen LogP contribution in [0.5, 0.6) is 0 Å². The number of esters is 1. The quantitative estimate of drug-likeness (QED) is 0.865. The predicted octanol–water partition coefficient (Wildman–Crippen LogP) is 3.12. The molecule has 1 saturated carbocycles. The van der Waals surface area contributed by atoms with Gasteiger partial charge >= 0.3 is 5.97 Å². The third-order valence-corrected chi connectivity index (χ3v) is 6.83. The van der Waals surface area contributed by atoms with Crippen LogP contribution in [-0.2, 0) is 33.7 Å². The van der Waals surface area contributed by atoms with Crippen LogP contribution in [0.15, 0.2) is 5.38 Å². The van der Waals surface area contributed by atoms with Crippen molar-refractivity contribution in [2.24, 2.45) is 5.92 Å². The van der Waals surface area contributed by atoms with Crippen molar-refractivity contribution in [3.05, 3.63) is 21.4 Å². The van der Waals surface area contributed by atoms with E-state index >= 15 is 0 Å². The zero-order chi connectivity index (χ0) is 15.9. The first kappa shape index (κ1) is 15.2. The Morgan fingerprint density at radius 2 is 2.04 bits per heavy atom. The second kappa shape index (κ2) is 5.93. The van der Waals surface area contributed by atoms with Crippen molar-refractivity contribution in [2.45, 2.75) is 69.9 Å². The highest BCUT2D eigenvalue weighted by Crippen LogP contribution is 2.45. The molecule has 1 aromatic heterocycles. The summed E-state index contributed by atoms with van der Waals surface area (Å²) < 4.78 is 5.57. The second-order valence-electron chi connectivity index (χ2n) is 7.09. The average Bonchev–Trinajstić information content (AvgIpc) is 3.25. The van der Waals surface area contributed by atoms with Crippen LogP contribution in [0, 0.1) is 5.92 Å². The van der Waals surface area contributed by atoms with Crippen LogP contribution in [0.4, 0.5) is 0 Å². The molecule has 0 radical (unpaired) electrons. The van der Waals surface area contributed by atoms with Gasteiger partial charge < -0.3 is 10.1 Å². The van der Waals surface area contributed by atoms with E-state index in [9.17, 15) is 9.59 Å². The highest BCUT2D eigenvalue weighted by molar-refractivity contribution is 7.10. The molecule has 124 valence electrons. The van der Waals surface area contributed by atoms with Gasteiger partial charge in [0.2, 0.25) is 5.91 Å². The minimum atomic E-state index is -0.505. The van der Waals surface area contributed by atoms with Gasteiger partial charge in [0, 0.05) is 11.4 Å². The van der Waals surface area contributed by atoms with Gasteiger partial charge in [0.05, 0.1) is 12.3 Å². The Labute approximate surface area is 140 Å². The molecule has 1 spiro atoms. The van der Waals surface area contributed by atoms with Gasteiger partial charge in [0.15, 0.2) is 0 Å². The molecule has 3 aliphatic rings. The predicted molar refractivity (Wildman–Crippen MR) is 88.2 cm³/mol. The Morgan fingerprint density at radius 1 is 1.26 bits per heavy atom. The lowest BCUT2D eigenvalue weighted by atomic mass is 9.85. The maximum absolute atomic E-state index is 12.7. The van der Waals surface area contributed by atoms with Crippen LogP contribution in [0.2, 0.25) is 0 Å². The largest absolute Gasteiger partial charge is 0.458 e. The van der Waals surface area contributed by atoms with E-state index in [-0.39, 0.29) is 24.2 Å². The SMILES string of the molecule is O=C1C[C@H](C(=O)NCc2csc3c2CCCC3)C2(CCCC2)O1. The van der Waals surface area contributed by atoms with Crippen LogP contribution in [0.1, 0.15) is 60.9 Å². The number of amides is 1. The van der Waals surface area contributed by atoms with Crippen LogP contribution >= 0.6 is 11.3 Å². The van der Waals surface area contributed by atoms with E-state index in [2.05, 4.69) is 10.7 Å². The van der Waals surface area contributed by atoms with Gasteiger partial charge in [-0.3, -0.25) is 9.59 Å². The van der Waals surface area contributed by atoms with Crippen LogP contribution in [-0.4, -0.2) is 17.5 Å². The fourth-order valence-corrected chi connectivity index (χ4v) is 5.61. The van der Waals surface area contributed by atoms with E-state index in [0.717, 1.165) is 32.1 Å². The van der Waals surface area contributed by atoms with Crippen molar-refractivity contribution < 1.29 is 14.3 Å². The van der Waals surface area contributed by atoms with Crippen molar-refractivity contribution >= 4 is 23.2 Å². The maximum atomic E-state index is 12.7. The summed E-state index contributed by atoms with van der Waals surface area (Å²) >= 11 is 1.83. The second-order valence-corrected chi connectivity index (χ2v) is 8.05. The normalized spacial score (nSPS) is 25.4. The van der Waals surface area contributed by atoms with E-state index in [1.165, 1.54) is 35.3 Å². The van der Waals surface area contributed by atoms with E-state index in [0.29, 0.717) is 6.54 Å². The highest BCUT2D eigenvalue weighted by atomic mass is 32.1. The van der Waals surface area contributed by atoms with Gasteiger partial charge in [0.1, 0.15) is 5.60 Å². The molecule has 1 aromatic rings. The number of fused-ring (bicyclic) bond motifs is 1. The Kier molecular flexibility index (Phi) is 3.92. The fraction of sp³-hybridized carbons (Fsp3) is 0.667. The van der Waals surface area contributed by atoms with E-state index in [4.69, 9.17) is 4.74 Å². The molecule has 2 heterocycles. The van der Waals surface area contributed by atoms with Crippen molar-refractivity contribution in [1.29, 1.82) is 0 Å². The summed E-state index contributed by atoms with van der Waals surface area (Å²) in [4.78, 5) is 25.9. The first-order chi connectivity index (χ1) is 11.2. The molecule has 0 unspecified atom stereocenters. The van der Waals surface area contributed by atoms with Crippen molar-refractivity contribution in [1.82, 2.24) is 5.32 Å². The van der Waals surface area contributed by atoms with Crippen molar-refractivity contribution in [3.8, 4) is 0 Å². The first-order valence-electron chi connectivity index (χ1n) is 8.76. The lowest BCUT2D eigenvalue weighted by Crippen LogP contribution is -2.42. The van der Waals surface area contributed by atoms with E-state index in [1.54, 1.807) is 0 Å². The molecule has 1 aliphatic heterocycles. The van der Waals surface area contributed by atoms with E-state index in [1.807, 2.05) is 11.3 Å². The number of nitrogens with one attached hydrogen (secondary N) is 1. The van der Waals surface area contributed by atoms with Gasteiger partial charge in [-0.15, -0.1) is 11.3 Å². The fourth-order valence-electron chi connectivity index (χ4n) is 4.46. The summed E-state index contributed by atoms with van der Waals surface area (Å²) in [6, 6.07) is 0. The monoisotopic (exact) mass is 333 g/mol. The molecular formula is C18H23NO3S. The third-order valence-electron chi connectivity index (χ3n) is 5.69. The van der Waals surface area contributed by atoms with Gasteiger partial charge in [-0.2, -0.15) is 0 Å². The topological polar surface area (TPSA) is 55.4 Å². The molecule has 1 atom stereocenters. The highest BCUT2D eigenvalue weighted by Gasteiger charge is 2.53. The zero-order valence-electron chi connectivity index (χ0n) is 13.4. The summed E-state index contributed by atoms with van der Waals surface area (Å²) in [6.45, 7) is 0.589. The molecule has 2 aliphatic carbocycles. The molecular weight excluding hydrogens is 310 g/mol. The molecule has 4 nitrogen and oxygen atoms in total. The minimum absolute atomic E-state index is 0.00601. The number of hydrogen-bond acceptors (Lipinski definition) is 4. The molecule has 1 N–H and O–H groups in total. The number of hydrogen-bond donors (Lipinski definition) is 1. The number of carbonyl (C=O) groups is 2. The lowest BCUT2D eigenvalue weighted by molar-refractivity contribution is -0.149. The molecule has 5 heteroatoms. The number of carbonyl (C=O) groups excluding carboxylic acids is 2. The first-order valence-corrected chi connectivity index (χ1v) is 9.64. The summed E-state index contributed by atoms with van der Waals surface area (Å²) in [6.07, 6.45) is 8.87. The molecule has 23 heavy (non-hydrogen) atoms. The molecule has 1 saturated heterocycles. The Bertz CT molecular complexity index is 630. The molecule has 4 rings (SSSR count). The van der Waals surface area contributed by atoms with Crippen molar-refractivity contribution in [3.63, 3.8) is 0 Å². The van der Waals surface area contributed by atoms with E-state index < -0.39 is 5.60 Å². The summed E-state index contributed by atoms with van der Waals surface area (Å²) in [7, 11) is 0. The van der Waals surface area contributed by atoms with Gasteiger partial charge in [0.25, 0.3) is 0 Å². The Hall–Kier alpha value is -1.36. The third kappa shape index (κ3) is 2.69. The summed E-state index contributed by atoms with van der Waals surface area (Å²) in [5.41, 5.74) is 2.22. The van der Waals surface area contributed by atoms with Crippen molar-refractivity contribution in [2.75, 3.05) is 0 Å². The average molecular weight is 333 g/mol. The molecule has 0 bridgehead atoms. The number of rotatable bonds is 3. The van der Waals surface area contributed by atoms with Gasteiger partial charge in [-0.25, -0.2) is 0 Å². The van der Waals surface area contributed by atoms with Gasteiger partial charge in [-0.1, -0.05) is 0 Å². The maximum Gasteiger partial charge on any atom is 0.307 e. The lowest BCUT2D eigenvalue weighted by Gasteiger charge is -2.28. The number of thiophene rings is 1. The smallest absolute Gasteiger partial charge is 0.307 e. The standard InChI is InChI=1S/C18H23NO3S/c20-16-9-14(18(22-16)7-3-4-8-18)17(21)19-10-12-11-23-15-6-2-1-5-13(12)15/h11,14H,1-10H2,(H,19,21)/t14-/m1/s1. The van der Waals surface area contributed by atoms with Crippen LogP contribution in [0.25, 0.3) is 0 Å². The number of aryl methyl sites for hydroxylation is 1. The Balaban J connectivity index is 1.44.